The molecule has 2 rings (SSSR count). The number of nitrogens with two attached hydrogens (primary N) is 1. The second-order valence-corrected chi connectivity index (χ2v) is 3.71. The standard InChI is InChI=1S/C12H16N4O2/c1-17-8-3-4-9(10(7-8)18-2)12-14-11(5-6-13)15-16-12/h3-4,7H,5-6,13H2,1-2H3,(H,14,15,16). The van der Waals surface area contributed by atoms with Crippen LogP contribution in [0.2, 0.25) is 0 Å². The van der Waals surface area contributed by atoms with E-state index in [4.69, 9.17) is 15.2 Å². The number of rotatable bonds is 5. The number of ether oxygens (including phenoxy) is 2. The SMILES string of the molecule is COc1ccc(-c2n[nH]c(CCN)n2)c(OC)c1. The lowest BCUT2D eigenvalue weighted by Crippen LogP contribution is -2.03. The van der Waals surface area contributed by atoms with Crippen molar-refractivity contribution in [3.63, 3.8) is 0 Å². The Morgan fingerprint density at radius 1 is 1.28 bits per heavy atom. The van der Waals surface area contributed by atoms with Crippen molar-refractivity contribution in [1.29, 1.82) is 0 Å². The fourth-order valence-electron chi connectivity index (χ4n) is 1.65. The van der Waals surface area contributed by atoms with Crippen molar-refractivity contribution in [3.8, 4) is 22.9 Å². The summed E-state index contributed by atoms with van der Waals surface area (Å²) in [6, 6.07) is 5.51. The zero-order valence-corrected chi connectivity index (χ0v) is 10.4. The largest absolute Gasteiger partial charge is 0.497 e. The highest BCUT2D eigenvalue weighted by atomic mass is 16.5. The number of benzene rings is 1. The Kier molecular flexibility index (Phi) is 3.78. The van der Waals surface area contributed by atoms with Crippen LogP contribution in [0.3, 0.4) is 0 Å². The van der Waals surface area contributed by atoms with E-state index in [2.05, 4.69) is 15.2 Å². The van der Waals surface area contributed by atoms with E-state index in [0.29, 0.717) is 24.5 Å². The summed E-state index contributed by atoms with van der Waals surface area (Å²) in [5.41, 5.74) is 6.29. The van der Waals surface area contributed by atoms with Crippen LogP contribution < -0.4 is 15.2 Å². The van der Waals surface area contributed by atoms with Crippen LogP contribution in [0.25, 0.3) is 11.4 Å². The molecule has 96 valence electrons. The summed E-state index contributed by atoms with van der Waals surface area (Å²) >= 11 is 0. The molecule has 0 spiro atoms. The van der Waals surface area contributed by atoms with Crippen LogP contribution in [0.4, 0.5) is 0 Å². The van der Waals surface area contributed by atoms with Crippen LogP contribution in [0, 0.1) is 0 Å². The topological polar surface area (TPSA) is 86.0 Å². The van der Waals surface area contributed by atoms with E-state index >= 15 is 0 Å². The molecule has 0 unspecified atom stereocenters. The molecule has 3 N–H and O–H groups in total. The Labute approximate surface area is 105 Å². The lowest BCUT2D eigenvalue weighted by atomic mass is 10.2. The van der Waals surface area contributed by atoms with Crippen LogP contribution in [0.5, 0.6) is 11.5 Å². The second-order valence-electron chi connectivity index (χ2n) is 3.71. The van der Waals surface area contributed by atoms with Gasteiger partial charge in [0.2, 0.25) is 0 Å². The first-order valence-corrected chi connectivity index (χ1v) is 5.62. The summed E-state index contributed by atoms with van der Waals surface area (Å²) < 4.78 is 10.5. The van der Waals surface area contributed by atoms with Crippen molar-refractivity contribution in [2.45, 2.75) is 6.42 Å². The van der Waals surface area contributed by atoms with Crippen LogP contribution >= 0.6 is 0 Å². The summed E-state index contributed by atoms with van der Waals surface area (Å²) in [5.74, 6) is 2.77. The summed E-state index contributed by atoms with van der Waals surface area (Å²) in [5, 5.41) is 7.01. The number of methoxy groups -OCH3 is 2. The van der Waals surface area contributed by atoms with Crippen molar-refractivity contribution in [2.75, 3.05) is 20.8 Å². The molecule has 0 radical (unpaired) electrons. The molecule has 0 aliphatic rings. The maximum atomic E-state index is 5.47. The van der Waals surface area contributed by atoms with Gasteiger partial charge in [0.1, 0.15) is 17.3 Å². The molecule has 1 heterocycles. The predicted octanol–water partition coefficient (Wildman–Crippen LogP) is 0.990. The van der Waals surface area contributed by atoms with Gasteiger partial charge in [-0.25, -0.2) is 4.98 Å². The van der Waals surface area contributed by atoms with Gasteiger partial charge in [-0.2, -0.15) is 5.10 Å². The zero-order valence-electron chi connectivity index (χ0n) is 10.4. The predicted molar refractivity (Wildman–Crippen MR) is 67.7 cm³/mol. The van der Waals surface area contributed by atoms with E-state index < -0.39 is 0 Å². The van der Waals surface area contributed by atoms with Gasteiger partial charge in [0.25, 0.3) is 0 Å². The van der Waals surface area contributed by atoms with E-state index in [-0.39, 0.29) is 0 Å². The monoisotopic (exact) mass is 248 g/mol. The highest BCUT2D eigenvalue weighted by molar-refractivity contribution is 5.65. The first-order valence-electron chi connectivity index (χ1n) is 5.62. The highest BCUT2D eigenvalue weighted by Crippen LogP contribution is 2.31. The fourth-order valence-corrected chi connectivity index (χ4v) is 1.65. The number of aromatic amines is 1. The normalized spacial score (nSPS) is 10.4. The molecule has 6 heteroatoms. The van der Waals surface area contributed by atoms with Gasteiger partial charge < -0.3 is 15.2 Å². The van der Waals surface area contributed by atoms with Crippen molar-refractivity contribution in [3.05, 3.63) is 24.0 Å². The van der Waals surface area contributed by atoms with Crippen LogP contribution in [-0.4, -0.2) is 35.9 Å². The molecule has 18 heavy (non-hydrogen) atoms. The average molecular weight is 248 g/mol. The van der Waals surface area contributed by atoms with Gasteiger partial charge in [0, 0.05) is 12.5 Å². The maximum Gasteiger partial charge on any atom is 0.184 e. The lowest BCUT2D eigenvalue weighted by Gasteiger charge is -2.07. The van der Waals surface area contributed by atoms with Gasteiger partial charge in [-0.3, -0.25) is 5.10 Å². The molecular weight excluding hydrogens is 232 g/mol. The van der Waals surface area contributed by atoms with E-state index in [1.165, 1.54) is 0 Å². The van der Waals surface area contributed by atoms with Gasteiger partial charge >= 0.3 is 0 Å². The summed E-state index contributed by atoms with van der Waals surface area (Å²) in [6.45, 7) is 0.536. The maximum absolute atomic E-state index is 5.47. The molecule has 0 amide bonds. The summed E-state index contributed by atoms with van der Waals surface area (Å²) in [7, 11) is 3.21. The molecule has 1 aromatic heterocycles. The average Bonchev–Trinajstić information content (AvgIpc) is 2.87. The van der Waals surface area contributed by atoms with E-state index in [9.17, 15) is 0 Å². The fraction of sp³-hybridized carbons (Fsp3) is 0.333. The van der Waals surface area contributed by atoms with Crippen molar-refractivity contribution >= 4 is 0 Å². The first kappa shape index (κ1) is 12.4. The van der Waals surface area contributed by atoms with Crippen molar-refractivity contribution in [1.82, 2.24) is 15.2 Å². The molecule has 0 aliphatic carbocycles. The molecule has 2 aromatic rings. The number of hydrogen-bond acceptors (Lipinski definition) is 5. The molecule has 0 atom stereocenters. The van der Waals surface area contributed by atoms with Gasteiger partial charge in [-0.05, 0) is 18.7 Å². The Morgan fingerprint density at radius 3 is 2.78 bits per heavy atom. The molecule has 6 nitrogen and oxygen atoms in total. The summed E-state index contributed by atoms with van der Waals surface area (Å²) in [6.07, 6.45) is 0.672. The Morgan fingerprint density at radius 2 is 2.11 bits per heavy atom. The van der Waals surface area contributed by atoms with E-state index in [1.54, 1.807) is 20.3 Å². The third-order valence-corrected chi connectivity index (χ3v) is 2.56. The molecule has 0 fully saturated rings. The number of nitrogens with zero attached hydrogens (tertiary/aromatic N) is 2. The van der Waals surface area contributed by atoms with Crippen LogP contribution in [0.1, 0.15) is 5.82 Å². The highest BCUT2D eigenvalue weighted by Gasteiger charge is 2.12. The Hall–Kier alpha value is -2.08. The van der Waals surface area contributed by atoms with E-state index in [1.807, 2.05) is 12.1 Å². The molecule has 0 bridgehead atoms. The third kappa shape index (κ3) is 2.43. The summed E-state index contributed by atoms with van der Waals surface area (Å²) in [4.78, 5) is 4.37. The van der Waals surface area contributed by atoms with Crippen LogP contribution in [0.15, 0.2) is 18.2 Å². The van der Waals surface area contributed by atoms with Gasteiger partial charge in [-0.15, -0.1) is 0 Å². The smallest absolute Gasteiger partial charge is 0.184 e. The minimum atomic E-state index is 0.536. The number of nitrogens with one attached hydrogen (secondary N) is 1. The van der Waals surface area contributed by atoms with Gasteiger partial charge in [-0.1, -0.05) is 0 Å². The molecule has 0 saturated carbocycles. The number of hydrogen-bond donors (Lipinski definition) is 2. The molecule has 1 aromatic carbocycles. The van der Waals surface area contributed by atoms with Crippen molar-refractivity contribution < 1.29 is 9.47 Å². The van der Waals surface area contributed by atoms with Crippen LogP contribution in [-0.2, 0) is 6.42 Å². The molecular formula is C12H16N4O2. The minimum Gasteiger partial charge on any atom is -0.497 e. The Balaban J connectivity index is 2.36. The van der Waals surface area contributed by atoms with E-state index in [0.717, 1.165) is 17.1 Å². The second kappa shape index (κ2) is 5.50. The molecule has 0 saturated heterocycles. The number of aromatic nitrogens is 3. The molecule has 0 aliphatic heterocycles. The number of H-pyrrole nitrogens is 1. The first-order chi connectivity index (χ1) is 8.78. The lowest BCUT2D eigenvalue weighted by molar-refractivity contribution is 0.395. The van der Waals surface area contributed by atoms with Crippen molar-refractivity contribution in [2.24, 2.45) is 5.73 Å². The third-order valence-electron chi connectivity index (χ3n) is 2.56. The minimum absolute atomic E-state index is 0.536. The van der Waals surface area contributed by atoms with Gasteiger partial charge in [0.15, 0.2) is 5.82 Å². The van der Waals surface area contributed by atoms with Gasteiger partial charge in [0.05, 0.1) is 19.8 Å². The zero-order chi connectivity index (χ0) is 13.0. The quantitative estimate of drug-likeness (QED) is 0.824. The Bertz CT molecular complexity index is 525.